The molecule has 1 N–H and O–H groups in total. The Kier molecular flexibility index (Phi) is 5.40. The Hall–Kier alpha value is -3.86. The van der Waals surface area contributed by atoms with Gasteiger partial charge in [-0.3, -0.25) is 14.3 Å². The van der Waals surface area contributed by atoms with Gasteiger partial charge in [0.25, 0.3) is 11.5 Å². The topological polar surface area (TPSA) is 122 Å². The molecule has 1 aromatic carbocycles. The summed E-state index contributed by atoms with van der Waals surface area (Å²) in [7, 11) is 0. The molecule has 0 aliphatic carbocycles. The summed E-state index contributed by atoms with van der Waals surface area (Å²) in [6, 6.07) is 3.97. The molecule has 11 nitrogen and oxygen atoms in total. The van der Waals surface area contributed by atoms with Crippen molar-refractivity contribution in [1.29, 1.82) is 0 Å². The predicted octanol–water partition coefficient (Wildman–Crippen LogP) is 1.69. The summed E-state index contributed by atoms with van der Waals surface area (Å²) in [5, 5.41) is 5.95. The molecule has 0 atom stereocenters. The highest BCUT2D eigenvalue weighted by atomic mass is 16.5. The number of ether oxygens (including phenoxy) is 1. The van der Waals surface area contributed by atoms with Gasteiger partial charge < -0.3 is 19.5 Å². The number of anilines is 1. The first-order valence-corrected chi connectivity index (χ1v) is 11.9. The highest BCUT2D eigenvalue weighted by Crippen LogP contribution is 2.30. The lowest BCUT2D eigenvalue weighted by atomic mass is 10.0. The van der Waals surface area contributed by atoms with Crippen molar-refractivity contribution in [1.82, 2.24) is 34.6 Å². The second-order valence-electron chi connectivity index (χ2n) is 9.08. The molecule has 0 saturated carbocycles. The lowest BCUT2D eigenvalue weighted by molar-refractivity contribution is 0.0675. The number of hydrogen-bond donors (Lipinski definition) is 1. The molecule has 2 fully saturated rings. The van der Waals surface area contributed by atoms with Crippen molar-refractivity contribution in [2.24, 2.45) is 0 Å². The van der Waals surface area contributed by atoms with Crippen molar-refractivity contribution in [2.75, 3.05) is 44.3 Å². The molecule has 0 unspecified atom stereocenters. The van der Waals surface area contributed by atoms with Crippen molar-refractivity contribution in [3.05, 3.63) is 52.5 Å². The Labute approximate surface area is 200 Å². The van der Waals surface area contributed by atoms with E-state index in [9.17, 15) is 9.59 Å². The highest BCUT2D eigenvalue weighted by molar-refractivity contribution is 6.07. The van der Waals surface area contributed by atoms with Crippen LogP contribution in [0, 0.1) is 6.92 Å². The third-order valence-electron chi connectivity index (χ3n) is 7.00. The van der Waals surface area contributed by atoms with E-state index < -0.39 is 0 Å². The Balaban J connectivity index is 1.35. The number of hydrogen-bond acceptors (Lipinski definition) is 8. The number of carbonyl (C=O) groups excluding carboxylic acids is 1. The second kappa shape index (κ2) is 8.73. The van der Waals surface area contributed by atoms with Crippen molar-refractivity contribution in [3.63, 3.8) is 0 Å². The van der Waals surface area contributed by atoms with Crippen LogP contribution in [0.15, 0.2) is 35.8 Å². The summed E-state index contributed by atoms with van der Waals surface area (Å²) in [6.07, 6.45) is 6.27. The van der Waals surface area contributed by atoms with Crippen LogP contribution in [-0.2, 0) is 4.74 Å². The zero-order valence-electron chi connectivity index (χ0n) is 19.5. The van der Waals surface area contributed by atoms with E-state index in [0.29, 0.717) is 61.8 Å². The first-order chi connectivity index (χ1) is 17.1. The van der Waals surface area contributed by atoms with Gasteiger partial charge >= 0.3 is 0 Å². The van der Waals surface area contributed by atoms with Crippen LogP contribution in [0.2, 0.25) is 0 Å². The van der Waals surface area contributed by atoms with Crippen LogP contribution in [0.1, 0.15) is 34.8 Å². The number of aryl methyl sites for hydroxylation is 1. The summed E-state index contributed by atoms with van der Waals surface area (Å²) >= 11 is 0. The number of carbonyl (C=O) groups is 1. The quantitative estimate of drug-likeness (QED) is 0.476. The van der Waals surface area contributed by atoms with Gasteiger partial charge in [0.15, 0.2) is 0 Å². The highest BCUT2D eigenvalue weighted by Gasteiger charge is 2.26. The molecule has 4 aromatic rings. The molecule has 35 heavy (non-hydrogen) atoms. The van der Waals surface area contributed by atoms with E-state index in [1.165, 1.54) is 12.7 Å². The number of pyridine rings is 1. The molecule has 0 radical (unpaired) electrons. The number of nitrogens with one attached hydrogen (secondary N) is 1. The average Bonchev–Trinajstić information content (AvgIpc) is 3.35. The summed E-state index contributed by atoms with van der Waals surface area (Å²) in [6.45, 7) is 5.70. The normalized spacial score (nSPS) is 17.4. The van der Waals surface area contributed by atoms with Crippen LogP contribution in [0.5, 0.6) is 0 Å². The van der Waals surface area contributed by atoms with Gasteiger partial charge in [-0.25, -0.2) is 15.0 Å². The smallest absolute Gasteiger partial charge is 0.259 e. The number of aromatic amines is 1. The van der Waals surface area contributed by atoms with Gasteiger partial charge in [0.05, 0.1) is 28.7 Å². The van der Waals surface area contributed by atoms with Gasteiger partial charge in [-0.15, -0.1) is 0 Å². The monoisotopic (exact) mass is 474 g/mol. The largest absolute Gasteiger partial charge is 0.381 e. The van der Waals surface area contributed by atoms with E-state index in [0.717, 1.165) is 29.3 Å². The molecule has 3 aromatic heterocycles. The third-order valence-corrected chi connectivity index (χ3v) is 7.00. The maximum atomic E-state index is 13.6. The van der Waals surface area contributed by atoms with Crippen molar-refractivity contribution >= 4 is 33.7 Å². The van der Waals surface area contributed by atoms with E-state index in [1.54, 1.807) is 6.20 Å². The number of piperazine rings is 1. The molecule has 2 saturated heterocycles. The van der Waals surface area contributed by atoms with Crippen LogP contribution in [0.3, 0.4) is 0 Å². The molecular formula is C24H26N8O3. The van der Waals surface area contributed by atoms with Gasteiger partial charge in [-0.2, -0.15) is 5.10 Å². The van der Waals surface area contributed by atoms with E-state index in [1.807, 2.05) is 28.6 Å². The van der Waals surface area contributed by atoms with Gasteiger partial charge in [0.1, 0.15) is 12.7 Å². The number of amides is 1. The van der Waals surface area contributed by atoms with Gasteiger partial charge in [0.2, 0.25) is 5.95 Å². The molecule has 5 heterocycles. The first kappa shape index (κ1) is 21.7. The van der Waals surface area contributed by atoms with E-state index in [4.69, 9.17) is 4.74 Å². The summed E-state index contributed by atoms with van der Waals surface area (Å²) in [5.74, 6) is 0.609. The fourth-order valence-electron chi connectivity index (χ4n) is 5.11. The number of benzene rings is 1. The van der Waals surface area contributed by atoms with Crippen LogP contribution in [0.4, 0.5) is 5.95 Å². The lowest BCUT2D eigenvalue weighted by Gasteiger charge is -2.34. The molecule has 180 valence electrons. The van der Waals surface area contributed by atoms with E-state index in [-0.39, 0.29) is 17.5 Å². The zero-order chi connectivity index (χ0) is 23.9. The van der Waals surface area contributed by atoms with E-state index in [2.05, 4.69) is 29.9 Å². The summed E-state index contributed by atoms with van der Waals surface area (Å²) in [5.41, 5.74) is 2.79. The molecule has 0 spiro atoms. The minimum atomic E-state index is -0.168. The minimum absolute atomic E-state index is 0.0174. The summed E-state index contributed by atoms with van der Waals surface area (Å²) in [4.78, 5) is 45.6. The van der Waals surface area contributed by atoms with Crippen LogP contribution in [-0.4, -0.2) is 79.9 Å². The van der Waals surface area contributed by atoms with Crippen molar-refractivity contribution < 1.29 is 9.53 Å². The predicted molar refractivity (Wildman–Crippen MR) is 130 cm³/mol. The third kappa shape index (κ3) is 3.81. The molecule has 6 rings (SSSR count). The number of rotatable bonds is 3. The fraction of sp³-hybridized carbons (Fsp3) is 0.417. The number of nitrogens with zero attached hydrogens (tertiary/aromatic N) is 7. The number of H-pyrrole nitrogens is 1. The molecule has 1 amide bonds. The maximum Gasteiger partial charge on any atom is 0.259 e. The SMILES string of the molecule is Cc1cc2[nH]c(=O)c3cnn(C4CCOCC4)c3c2cc1C(=O)N1CCN(c2ncncn2)CC1. The molecule has 0 bridgehead atoms. The Morgan fingerprint density at radius 1 is 1.06 bits per heavy atom. The fourth-order valence-corrected chi connectivity index (χ4v) is 5.11. The molecule has 2 aliphatic heterocycles. The number of fused-ring (bicyclic) bond motifs is 3. The number of aromatic nitrogens is 6. The Bertz CT molecular complexity index is 1450. The zero-order valence-corrected chi connectivity index (χ0v) is 19.5. The van der Waals surface area contributed by atoms with Crippen molar-refractivity contribution in [2.45, 2.75) is 25.8 Å². The lowest BCUT2D eigenvalue weighted by Crippen LogP contribution is -2.49. The van der Waals surface area contributed by atoms with Crippen LogP contribution >= 0.6 is 0 Å². The van der Waals surface area contributed by atoms with Crippen molar-refractivity contribution in [3.8, 4) is 0 Å². The Morgan fingerprint density at radius 3 is 2.54 bits per heavy atom. The minimum Gasteiger partial charge on any atom is -0.381 e. The summed E-state index contributed by atoms with van der Waals surface area (Å²) < 4.78 is 7.47. The van der Waals surface area contributed by atoms with Crippen LogP contribution in [0.25, 0.3) is 21.8 Å². The molecule has 2 aliphatic rings. The standard InChI is InChI=1S/C24H26N8O3/c1-15-10-20-18(21-19(22(33)29-20)12-28-32(21)16-2-8-35-9-3-16)11-17(15)23(34)30-4-6-31(7-5-30)24-26-13-25-14-27-24/h10-14,16H,2-9H2,1H3,(H,29,33). The van der Waals surface area contributed by atoms with E-state index >= 15 is 0 Å². The molecular weight excluding hydrogens is 448 g/mol. The van der Waals surface area contributed by atoms with Crippen LogP contribution < -0.4 is 10.5 Å². The second-order valence-corrected chi connectivity index (χ2v) is 9.08. The van der Waals surface area contributed by atoms with Gasteiger partial charge in [-0.05, 0) is 37.5 Å². The van der Waals surface area contributed by atoms with Gasteiger partial charge in [-0.1, -0.05) is 0 Å². The van der Waals surface area contributed by atoms with Gasteiger partial charge in [0, 0.05) is 50.3 Å². The Morgan fingerprint density at radius 2 is 1.80 bits per heavy atom. The first-order valence-electron chi connectivity index (χ1n) is 11.9. The molecule has 11 heteroatoms. The maximum absolute atomic E-state index is 13.6. The average molecular weight is 475 g/mol.